The van der Waals surface area contributed by atoms with Crippen LogP contribution in [0.2, 0.25) is 0 Å². The zero-order valence-corrected chi connectivity index (χ0v) is 16.6. The van der Waals surface area contributed by atoms with Crippen molar-refractivity contribution >= 4 is 41.3 Å². The molecule has 0 bridgehead atoms. The Balaban J connectivity index is 0.00000441. The molecule has 2 N–H and O–H groups in total. The van der Waals surface area contributed by atoms with Gasteiger partial charge in [0, 0.05) is 38.2 Å². The molecule has 0 atom stereocenters. The normalized spacial score (nSPS) is 11.1. The Morgan fingerprint density at radius 1 is 1.27 bits per heavy atom. The minimum absolute atomic E-state index is 0. The van der Waals surface area contributed by atoms with Gasteiger partial charge in [-0.15, -0.1) is 35.3 Å². The molecule has 5 nitrogen and oxygen atoms in total. The first-order chi connectivity index (χ1) is 10.4. The molecule has 0 unspecified atom stereocenters. The predicted molar refractivity (Wildman–Crippen MR) is 105 cm³/mol. The molecular formula is C15H28IN3O2S. The molecular weight excluding hydrogens is 413 g/mol. The molecule has 0 radical (unpaired) electrons. The second kappa shape index (κ2) is 15.5. The fourth-order valence-electron chi connectivity index (χ4n) is 1.70. The summed E-state index contributed by atoms with van der Waals surface area (Å²) in [5, 5.41) is 8.72. The summed E-state index contributed by atoms with van der Waals surface area (Å²) in [5.41, 5.74) is 0. The fourth-order valence-corrected chi connectivity index (χ4v) is 2.41. The largest absolute Gasteiger partial charge is 0.382 e. The highest BCUT2D eigenvalue weighted by Gasteiger charge is 1.98. The van der Waals surface area contributed by atoms with Crippen LogP contribution in [0.5, 0.6) is 0 Å². The van der Waals surface area contributed by atoms with E-state index >= 15 is 0 Å². The predicted octanol–water partition coefficient (Wildman–Crippen LogP) is 2.52. The zero-order chi connectivity index (χ0) is 15.2. The Morgan fingerprint density at radius 2 is 2.14 bits per heavy atom. The van der Waals surface area contributed by atoms with Crippen molar-refractivity contribution in [2.24, 2.45) is 4.99 Å². The van der Waals surface area contributed by atoms with Crippen molar-refractivity contribution in [2.75, 3.05) is 46.6 Å². The molecule has 0 aromatic carbocycles. The highest BCUT2D eigenvalue weighted by atomic mass is 127. The molecule has 1 aromatic heterocycles. The highest BCUT2D eigenvalue weighted by Crippen LogP contribution is 2.07. The number of ether oxygens (including phenoxy) is 2. The van der Waals surface area contributed by atoms with Crippen LogP contribution in [0.3, 0.4) is 0 Å². The van der Waals surface area contributed by atoms with Crippen LogP contribution in [0.1, 0.15) is 18.2 Å². The van der Waals surface area contributed by atoms with Crippen molar-refractivity contribution in [3.05, 3.63) is 22.4 Å². The van der Waals surface area contributed by atoms with Gasteiger partial charge in [0.25, 0.3) is 0 Å². The standard InChI is InChI=1S/C15H27N3O2S.HI/c1-3-16-15(17-8-5-10-20-12-11-19-2)18-9-7-14-6-4-13-21-14;/h4,6,13H,3,5,7-12H2,1-2H3,(H2,16,17,18);1H. The average molecular weight is 441 g/mol. The first-order valence-corrected chi connectivity index (χ1v) is 8.36. The number of hydrogen-bond donors (Lipinski definition) is 2. The molecule has 0 saturated heterocycles. The van der Waals surface area contributed by atoms with Crippen molar-refractivity contribution in [1.82, 2.24) is 10.6 Å². The molecule has 1 heterocycles. The number of aliphatic imine (C=N–C) groups is 1. The summed E-state index contributed by atoms with van der Waals surface area (Å²) in [6.45, 7) is 6.63. The Kier molecular flexibility index (Phi) is 15.2. The monoisotopic (exact) mass is 441 g/mol. The molecule has 0 amide bonds. The Hall–Kier alpha value is -0.380. The minimum atomic E-state index is 0. The topological polar surface area (TPSA) is 54.9 Å². The fraction of sp³-hybridized carbons (Fsp3) is 0.667. The van der Waals surface area contributed by atoms with Gasteiger partial charge >= 0.3 is 0 Å². The van der Waals surface area contributed by atoms with Gasteiger partial charge in [-0.25, -0.2) is 0 Å². The smallest absolute Gasteiger partial charge is 0.191 e. The van der Waals surface area contributed by atoms with Crippen molar-refractivity contribution in [2.45, 2.75) is 19.8 Å². The van der Waals surface area contributed by atoms with Crippen molar-refractivity contribution in [3.63, 3.8) is 0 Å². The number of guanidine groups is 1. The van der Waals surface area contributed by atoms with Gasteiger partial charge < -0.3 is 20.1 Å². The lowest BCUT2D eigenvalue weighted by atomic mass is 10.3. The molecule has 1 aromatic rings. The quantitative estimate of drug-likeness (QED) is 0.240. The maximum Gasteiger partial charge on any atom is 0.191 e. The lowest BCUT2D eigenvalue weighted by Crippen LogP contribution is -2.38. The number of thiophene rings is 1. The summed E-state index contributed by atoms with van der Waals surface area (Å²) in [6, 6.07) is 4.25. The molecule has 22 heavy (non-hydrogen) atoms. The third kappa shape index (κ3) is 11.2. The van der Waals surface area contributed by atoms with E-state index in [4.69, 9.17) is 9.47 Å². The summed E-state index contributed by atoms with van der Waals surface area (Å²) >= 11 is 1.79. The average Bonchev–Trinajstić information content (AvgIpc) is 2.99. The van der Waals surface area contributed by atoms with Gasteiger partial charge in [0.15, 0.2) is 5.96 Å². The van der Waals surface area contributed by atoms with Crippen molar-refractivity contribution in [1.29, 1.82) is 0 Å². The van der Waals surface area contributed by atoms with Crippen LogP contribution in [-0.4, -0.2) is 52.5 Å². The van der Waals surface area contributed by atoms with Crippen LogP contribution < -0.4 is 10.6 Å². The van der Waals surface area contributed by atoms with Crippen molar-refractivity contribution in [3.8, 4) is 0 Å². The van der Waals surface area contributed by atoms with E-state index in [9.17, 15) is 0 Å². The Morgan fingerprint density at radius 3 is 2.82 bits per heavy atom. The summed E-state index contributed by atoms with van der Waals surface area (Å²) in [5.74, 6) is 0.881. The minimum Gasteiger partial charge on any atom is -0.382 e. The molecule has 7 heteroatoms. The van der Waals surface area contributed by atoms with Gasteiger partial charge in [-0.1, -0.05) is 6.07 Å². The van der Waals surface area contributed by atoms with Crippen LogP contribution in [0.25, 0.3) is 0 Å². The molecule has 0 aliphatic heterocycles. The summed E-state index contributed by atoms with van der Waals surface area (Å²) in [6.07, 6.45) is 1.95. The zero-order valence-electron chi connectivity index (χ0n) is 13.5. The van der Waals surface area contributed by atoms with Gasteiger partial charge in [-0.05, 0) is 31.2 Å². The molecule has 0 spiro atoms. The van der Waals surface area contributed by atoms with E-state index in [1.165, 1.54) is 4.88 Å². The number of methoxy groups -OCH3 is 1. The van der Waals surface area contributed by atoms with Gasteiger partial charge in [0.1, 0.15) is 0 Å². The maximum absolute atomic E-state index is 5.41. The highest BCUT2D eigenvalue weighted by molar-refractivity contribution is 14.0. The number of hydrogen-bond acceptors (Lipinski definition) is 4. The maximum atomic E-state index is 5.41. The molecule has 0 saturated carbocycles. The lowest BCUT2D eigenvalue weighted by Gasteiger charge is -2.10. The summed E-state index contributed by atoms with van der Waals surface area (Å²) < 4.78 is 10.3. The van der Waals surface area contributed by atoms with E-state index in [-0.39, 0.29) is 24.0 Å². The van der Waals surface area contributed by atoms with E-state index in [2.05, 4.69) is 40.1 Å². The third-order valence-electron chi connectivity index (χ3n) is 2.74. The van der Waals surface area contributed by atoms with E-state index in [1.807, 2.05) is 0 Å². The molecule has 0 aliphatic rings. The summed E-state index contributed by atoms with van der Waals surface area (Å²) in [7, 11) is 1.68. The van der Waals surface area contributed by atoms with Crippen LogP contribution in [0.15, 0.2) is 22.5 Å². The van der Waals surface area contributed by atoms with E-state index in [1.54, 1.807) is 18.4 Å². The van der Waals surface area contributed by atoms with Crippen LogP contribution in [0, 0.1) is 0 Å². The number of nitrogens with zero attached hydrogens (tertiary/aromatic N) is 1. The van der Waals surface area contributed by atoms with E-state index < -0.39 is 0 Å². The summed E-state index contributed by atoms with van der Waals surface area (Å²) in [4.78, 5) is 5.93. The molecule has 0 fully saturated rings. The Bertz CT molecular complexity index is 375. The van der Waals surface area contributed by atoms with Gasteiger partial charge in [0.05, 0.1) is 13.2 Å². The number of rotatable bonds is 11. The Labute approximate surface area is 154 Å². The van der Waals surface area contributed by atoms with Crippen LogP contribution in [0.4, 0.5) is 0 Å². The molecule has 128 valence electrons. The third-order valence-corrected chi connectivity index (χ3v) is 3.67. The van der Waals surface area contributed by atoms with Crippen LogP contribution >= 0.6 is 35.3 Å². The lowest BCUT2D eigenvalue weighted by molar-refractivity contribution is 0.0702. The molecule has 0 aliphatic carbocycles. The van der Waals surface area contributed by atoms with Gasteiger partial charge in [0.2, 0.25) is 0 Å². The molecule has 1 rings (SSSR count). The van der Waals surface area contributed by atoms with Crippen LogP contribution in [-0.2, 0) is 15.9 Å². The van der Waals surface area contributed by atoms with E-state index in [0.717, 1.165) is 45.0 Å². The second-order valence-electron chi connectivity index (χ2n) is 4.48. The van der Waals surface area contributed by atoms with Crippen molar-refractivity contribution < 1.29 is 9.47 Å². The van der Waals surface area contributed by atoms with E-state index in [0.29, 0.717) is 13.2 Å². The SMILES string of the molecule is CCNC(=NCCCOCCOC)NCCc1cccs1.I. The number of halogens is 1. The first-order valence-electron chi connectivity index (χ1n) is 7.48. The second-order valence-corrected chi connectivity index (χ2v) is 5.51. The first kappa shape index (κ1) is 21.6. The van der Waals surface area contributed by atoms with Gasteiger partial charge in [-0.2, -0.15) is 0 Å². The number of nitrogens with one attached hydrogen (secondary N) is 2. The van der Waals surface area contributed by atoms with Gasteiger partial charge in [-0.3, -0.25) is 4.99 Å².